The average molecular weight is 624 g/mol. The van der Waals surface area contributed by atoms with E-state index >= 15 is 0 Å². The Labute approximate surface area is 273 Å². The zero-order chi connectivity index (χ0) is 33.1. The summed E-state index contributed by atoms with van der Waals surface area (Å²) in [5, 5.41) is 6.56. The molecular weight excluding hydrogens is 574 g/mol. The van der Waals surface area contributed by atoms with Gasteiger partial charge < -0.3 is 20.0 Å². The summed E-state index contributed by atoms with van der Waals surface area (Å²) in [6.07, 6.45) is 15.7. The molecule has 46 heavy (non-hydrogen) atoms. The highest BCUT2D eigenvalue weighted by Gasteiger charge is 2.18. The van der Waals surface area contributed by atoms with Gasteiger partial charge in [-0.1, -0.05) is 72.5 Å². The van der Waals surface area contributed by atoms with Crippen molar-refractivity contribution in [2.45, 2.75) is 73.6 Å². The summed E-state index contributed by atoms with van der Waals surface area (Å²) in [6.45, 7) is 19.6. The molecule has 4 aromatic rings. The molecule has 1 saturated heterocycles. The fourth-order valence-electron chi connectivity index (χ4n) is 5.60. The summed E-state index contributed by atoms with van der Waals surface area (Å²) in [7, 11) is 0. The first-order valence-electron chi connectivity index (χ1n) is 16.8. The topological polar surface area (TPSA) is 109 Å². The fraction of sp³-hybridized carbons (Fsp3) is 0.432. The molecule has 0 spiro atoms. The summed E-state index contributed by atoms with van der Waals surface area (Å²) >= 11 is 0. The Hall–Kier alpha value is -4.37. The Morgan fingerprint density at radius 1 is 0.978 bits per heavy atom. The molecule has 2 fully saturated rings. The van der Waals surface area contributed by atoms with Gasteiger partial charge in [-0.25, -0.2) is 15.0 Å². The number of pyridine rings is 2. The molecule has 9 heteroatoms. The third-order valence-electron chi connectivity index (χ3n) is 8.09. The molecule has 0 radical (unpaired) electrons. The molecule has 4 aromatic heterocycles. The van der Waals surface area contributed by atoms with Crippen LogP contribution in [0.5, 0.6) is 0 Å². The van der Waals surface area contributed by atoms with E-state index in [1.165, 1.54) is 37.3 Å². The van der Waals surface area contributed by atoms with Gasteiger partial charge >= 0.3 is 0 Å². The molecule has 5 heterocycles. The second kappa shape index (κ2) is 16.8. The lowest BCUT2D eigenvalue weighted by atomic mass is 10.1. The number of hydrogen-bond donors (Lipinski definition) is 2. The van der Waals surface area contributed by atoms with Crippen molar-refractivity contribution in [2.24, 2.45) is 5.92 Å². The summed E-state index contributed by atoms with van der Waals surface area (Å²) in [5.41, 5.74) is 7.20. The number of nitrogens with one attached hydrogen (secondary N) is 2. The fourth-order valence-corrected chi connectivity index (χ4v) is 5.60. The van der Waals surface area contributed by atoms with E-state index in [4.69, 9.17) is 4.42 Å². The van der Waals surface area contributed by atoms with Crippen LogP contribution in [0.4, 0.5) is 17.5 Å². The lowest BCUT2D eigenvalue weighted by Gasteiger charge is -2.27. The van der Waals surface area contributed by atoms with Crippen LogP contribution >= 0.6 is 0 Å². The predicted octanol–water partition coefficient (Wildman–Crippen LogP) is 7.96. The van der Waals surface area contributed by atoms with Crippen molar-refractivity contribution in [3.8, 4) is 11.1 Å². The number of nitrogens with zero attached hydrogens (tertiary/aromatic N) is 5. The first kappa shape index (κ1) is 34.5. The second-order valence-electron chi connectivity index (χ2n) is 11.5. The highest BCUT2D eigenvalue weighted by Crippen LogP contribution is 2.29. The minimum absolute atomic E-state index is 0.150. The van der Waals surface area contributed by atoms with Crippen molar-refractivity contribution in [2.75, 3.05) is 36.4 Å². The van der Waals surface area contributed by atoms with E-state index < -0.39 is 0 Å². The van der Waals surface area contributed by atoms with Gasteiger partial charge in [0.25, 0.3) is 0 Å². The van der Waals surface area contributed by atoms with Crippen LogP contribution in [0.15, 0.2) is 69.9 Å². The first-order chi connectivity index (χ1) is 22.4. The van der Waals surface area contributed by atoms with Gasteiger partial charge in [0.2, 0.25) is 11.4 Å². The van der Waals surface area contributed by atoms with Gasteiger partial charge in [0.05, 0.1) is 17.6 Å². The van der Waals surface area contributed by atoms with Gasteiger partial charge in [0.1, 0.15) is 0 Å². The van der Waals surface area contributed by atoms with Gasteiger partial charge in [-0.15, -0.1) is 0 Å². The van der Waals surface area contributed by atoms with Crippen molar-refractivity contribution in [3.63, 3.8) is 0 Å². The number of fused-ring (bicyclic) bond motifs is 2. The van der Waals surface area contributed by atoms with Crippen LogP contribution in [0.1, 0.15) is 78.5 Å². The molecule has 0 bridgehead atoms. The number of rotatable bonds is 5. The van der Waals surface area contributed by atoms with Crippen LogP contribution in [0, 0.1) is 5.92 Å². The van der Waals surface area contributed by atoms with Crippen LogP contribution < -0.4 is 21.0 Å². The number of aromatic nitrogens is 4. The summed E-state index contributed by atoms with van der Waals surface area (Å²) in [5.74, 6) is 2.12. The second-order valence-corrected chi connectivity index (χ2v) is 11.5. The molecule has 0 atom stereocenters. The number of hydrogen-bond acceptors (Lipinski definition) is 9. The quantitative estimate of drug-likeness (QED) is 0.229. The first-order valence-corrected chi connectivity index (χ1v) is 16.8. The standard InChI is InChI=1S/C27H25N7O2.C6H12.2C2H6/c1-16(2)17-7-20-14-31-27(33-22(20)9-17)32-21-8-18(12-29-15-21)19-10-24-26(30-13-19)23(35)11-25(36-24)34-5-3-28-4-6-34;1-6-4-2-3-5-6;2*1-2/h7-8,10-15,28H,1,3-6,9H2,2H3,(H,31,32,33);6H,2-5H2,1H3;2*1-2H3. The third kappa shape index (κ3) is 8.66. The minimum atomic E-state index is -0.150. The van der Waals surface area contributed by atoms with E-state index in [2.05, 4.69) is 55.0 Å². The molecule has 1 saturated carbocycles. The largest absolute Gasteiger partial charge is 0.439 e. The van der Waals surface area contributed by atoms with Crippen LogP contribution in [0.2, 0.25) is 0 Å². The zero-order valence-electron chi connectivity index (χ0n) is 28.3. The lowest BCUT2D eigenvalue weighted by molar-refractivity contribution is 0.520. The molecule has 0 amide bonds. The van der Waals surface area contributed by atoms with E-state index in [9.17, 15) is 4.79 Å². The van der Waals surface area contributed by atoms with E-state index in [0.717, 1.165) is 72.2 Å². The summed E-state index contributed by atoms with van der Waals surface area (Å²) < 4.78 is 6.11. The summed E-state index contributed by atoms with van der Waals surface area (Å²) in [4.78, 5) is 32.6. The number of allylic oxidation sites excluding steroid dienone is 2. The molecule has 3 aliphatic rings. The SMILES string of the molecule is C=C(C)C1=Cc2cnc(Nc3cncc(-c4cnc5c(=O)cc(N6CCNCC6)oc5c4)c3)nc2C1.CC.CC.CC1CCCC1. The maximum Gasteiger partial charge on any atom is 0.227 e. The molecular formula is C37H49N7O2. The predicted molar refractivity (Wildman–Crippen MR) is 191 cm³/mol. The van der Waals surface area contributed by atoms with Gasteiger partial charge in [-0.2, -0.15) is 0 Å². The van der Waals surface area contributed by atoms with E-state index in [1.807, 2.05) is 52.9 Å². The number of piperazine rings is 1. The molecule has 244 valence electrons. The molecule has 2 aliphatic carbocycles. The monoisotopic (exact) mass is 623 g/mol. The highest BCUT2D eigenvalue weighted by atomic mass is 16.4. The van der Waals surface area contributed by atoms with Gasteiger partial charge in [-0.05, 0) is 36.6 Å². The summed E-state index contributed by atoms with van der Waals surface area (Å²) in [6, 6.07) is 5.31. The highest BCUT2D eigenvalue weighted by molar-refractivity contribution is 5.80. The Morgan fingerprint density at radius 3 is 2.37 bits per heavy atom. The third-order valence-corrected chi connectivity index (χ3v) is 8.09. The Kier molecular flexibility index (Phi) is 12.6. The molecule has 0 aromatic carbocycles. The van der Waals surface area contributed by atoms with Crippen LogP contribution in [0.25, 0.3) is 28.3 Å². The van der Waals surface area contributed by atoms with Crippen LogP contribution in [-0.4, -0.2) is 46.1 Å². The molecule has 1 aliphatic heterocycles. The normalized spacial score (nSPS) is 15.3. The molecule has 7 rings (SSSR count). The van der Waals surface area contributed by atoms with Crippen molar-refractivity contribution >= 4 is 34.7 Å². The number of anilines is 3. The maximum atomic E-state index is 12.7. The van der Waals surface area contributed by atoms with Crippen molar-refractivity contribution in [1.82, 2.24) is 25.3 Å². The average Bonchev–Trinajstić information content (AvgIpc) is 3.76. The van der Waals surface area contributed by atoms with Gasteiger partial charge in [0, 0.05) is 73.9 Å². The smallest absolute Gasteiger partial charge is 0.227 e. The Morgan fingerprint density at radius 2 is 1.70 bits per heavy atom. The van der Waals surface area contributed by atoms with E-state index in [1.54, 1.807) is 18.6 Å². The van der Waals surface area contributed by atoms with Gasteiger partial charge in [0.15, 0.2) is 17.0 Å². The van der Waals surface area contributed by atoms with Crippen molar-refractivity contribution in [1.29, 1.82) is 0 Å². The van der Waals surface area contributed by atoms with Crippen LogP contribution in [-0.2, 0) is 6.42 Å². The lowest BCUT2D eigenvalue weighted by Crippen LogP contribution is -2.43. The molecule has 9 nitrogen and oxygen atoms in total. The van der Waals surface area contributed by atoms with Crippen molar-refractivity contribution in [3.05, 3.63) is 82.2 Å². The molecule has 0 unspecified atom stereocenters. The van der Waals surface area contributed by atoms with E-state index in [-0.39, 0.29) is 5.43 Å². The van der Waals surface area contributed by atoms with Gasteiger partial charge in [-0.3, -0.25) is 9.78 Å². The van der Waals surface area contributed by atoms with Crippen LogP contribution in [0.3, 0.4) is 0 Å². The van der Waals surface area contributed by atoms with E-state index in [0.29, 0.717) is 22.9 Å². The Balaban J connectivity index is 0.000000421. The maximum absolute atomic E-state index is 12.7. The molecule has 2 N–H and O–H groups in total. The Bertz CT molecular complexity index is 1700. The minimum Gasteiger partial charge on any atom is -0.439 e. The zero-order valence-corrected chi connectivity index (χ0v) is 28.3. The van der Waals surface area contributed by atoms with Crippen molar-refractivity contribution < 1.29 is 4.42 Å².